The van der Waals surface area contributed by atoms with Crippen LogP contribution in [0.4, 0.5) is 0 Å². The van der Waals surface area contributed by atoms with E-state index >= 15 is 0 Å². The minimum atomic E-state index is -1.29. The summed E-state index contributed by atoms with van der Waals surface area (Å²) in [6, 6.07) is 7.44. The van der Waals surface area contributed by atoms with Gasteiger partial charge in [0.2, 0.25) is 11.8 Å². The number of nitrogens with one attached hydrogen (secondary N) is 1. The molecule has 4 atom stereocenters. The predicted molar refractivity (Wildman–Crippen MR) is 163 cm³/mol. The van der Waals surface area contributed by atoms with Crippen LogP contribution >= 0.6 is 0 Å². The second-order valence-corrected chi connectivity index (χ2v) is 11.0. The van der Waals surface area contributed by atoms with Gasteiger partial charge in [0.05, 0.1) is 39.9 Å². The van der Waals surface area contributed by atoms with Crippen LogP contribution in [0.3, 0.4) is 0 Å². The summed E-state index contributed by atoms with van der Waals surface area (Å²) in [6.07, 6.45) is 0.846. The zero-order valence-electron chi connectivity index (χ0n) is 25.9. The van der Waals surface area contributed by atoms with Gasteiger partial charge in [-0.05, 0) is 61.7 Å². The molecule has 3 N–H and O–H groups in total. The summed E-state index contributed by atoms with van der Waals surface area (Å²) in [4.78, 5) is 52.2. The maximum absolute atomic E-state index is 13.8. The van der Waals surface area contributed by atoms with E-state index in [1.165, 1.54) is 25.0 Å². The third-order valence-corrected chi connectivity index (χ3v) is 8.12. The number of benzene rings is 2. The lowest BCUT2D eigenvalue weighted by Crippen LogP contribution is -2.56. The van der Waals surface area contributed by atoms with Crippen molar-refractivity contribution < 1.29 is 48.3 Å². The quantitative estimate of drug-likeness (QED) is 0.250. The number of amides is 2. The summed E-state index contributed by atoms with van der Waals surface area (Å²) < 4.78 is 22.6. The van der Waals surface area contributed by atoms with Gasteiger partial charge in [-0.3, -0.25) is 14.4 Å². The van der Waals surface area contributed by atoms with Crippen LogP contribution in [0.1, 0.15) is 53.6 Å². The summed E-state index contributed by atoms with van der Waals surface area (Å²) in [5, 5.41) is 23.9. The second-order valence-electron chi connectivity index (χ2n) is 11.0. The van der Waals surface area contributed by atoms with Crippen LogP contribution in [0.2, 0.25) is 0 Å². The summed E-state index contributed by atoms with van der Waals surface area (Å²) in [5.41, 5.74) is 1.77. The minimum absolute atomic E-state index is 0.0183. The summed E-state index contributed by atoms with van der Waals surface area (Å²) in [6.45, 7) is 1.28. The highest BCUT2D eigenvalue weighted by Gasteiger charge is 2.51. The average molecular weight is 625 g/mol. The van der Waals surface area contributed by atoms with E-state index in [-0.39, 0.29) is 55.6 Å². The number of fused-ring (bicyclic) bond motifs is 3. The Labute approximate surface area is 261 Å². The first-order valence-corrected chi connectivity index (χ1v) is 14.8. The van der Waals surface area contributed by atoms with E-state index in [4.69, 9.17) is 18.9 Å². The van der Waals surface area contributed by atoms with E-state index in [9.17, 15) is 29.4 Å². The van der Waals surface area contributed by atoms with E-state index in [0.717, 1.165) is 5.56 Å². The Bertz CT molecular complexity index is 1460. The number of hydrogen-bond donors (Lipinski definition) is 3. The van der Waals surface area contributed by atoms with Gasteiger partial charge in [-0.15, -0.1) is 0 Å². The van der Waals surface area contributed by atoms with Crippen LogP contribution in [-0.2, 0) is 20.8 Å². The lowest BCUT2D eigenvalue weighted by molar-refractivity contribution is -0.137. The molecule has 45 heavy (non-hydrogen) atoms. The number of Topliss-reactive ketones (excluding diaryl/α,β-unsaturated/α-hetero) is 1. The lowest BCUT2D eigenvalue weighted by atomic mass is 9.77. The normalized spacial score (nSPS) is 19.7. The lowest BCUT2D eigenvalue weighted by Gasteiger charge is -2.41. The second kappa shape index (κ2) is 15.0. The average Bonchev–Trinajstić information content (AvgIpc) is 3.43. The Morgan fingerprint density at radius 3 is 2.44 bits per heavy atom. The highest BCUT2D eigenvalue weighted by atomic mass is 16.5. The molecule has 0 bridgehead atoms. The molecule has 0 aromatic heterocycles. The highest BCUT2D eigenvalue weighted by Crippen LogP contribution is 2.51. The molecule has 0 radical (unpaired) electrons. The molecular formula is C33H40N2O10. The molecule has 1 aliphatic carbocycles. The molecule has 0 saturated heterocycles. The molecule has 242 valence electrons. The van der Waals surface area contributed by atoms with Gasteiger partial charge in [-0.1, -0.05) is 0 Å². The predicted octanol–water partition coefficient (Wildman–Crippen LogP) is 1.98. The van der Waals surface area contributed by atoms with E-state index in [2.05, 4.69) is 5.32 Å². The number of hydrogen-bond acceptors (Lipinski definition) is 10. The third-order valence-electron chi connectivity index (χ3n) is 8.12. The number of ketones is 1. The van der Waals surface area contributed by atoms with Crippen LogP contribution in [0.5, 0.6) is 23.0 Å². The maximum atomic E-state index is 13.8. The first-order chi connectivity index (χ1) is 21.7. The fourth-order valence-electron chi connectivity index (χ4n) is 5.95. The molecule has 12 heteroatoms. The number of aldehydes is 1. The first-order valence-electron chi connectivity index (χ1n) is 14.8. The van der Waals surface area contributed by atoms with Gasteiger partial charge in [0.15, 0.2) is 11.5 Å². The van der Waals surface area contributed by atoms with Crippen molar-refractivity contribution in [3.63, 3.8) is 0 Å². The molecule has 1 heterocycles. The van der Waals surface area contributed by atoms with Crippen molar-refractivity contribution in [3.05, 3.63) is 58.7 Å². The SMILES string of the molecule is COc1ccc(OC)c(CCN(C(=O)CCCC(C)=O)[C@@H]2C=C(C(=O)NCCO)[C@@H]3c4cc(C=O)cc(OC)c4O[C@@H]3[C@H]2O)c1. The van der Waals surface area contributed by atoms with Crippen LogP contribution in [0, 0.1) is 0 Å². The number of nitrogens with zero attached hydrogens (tertiary/aromatic N) is 1. The van der Waals surface area contributed by atoms with Gasteiger partial charge >= 0.3 is 0 Å². The molecule has 0 fully saturated rings. The van der Waals surface area contributed by atoms with Gasteiger partial charge in [0.25, 0.3) is 0 Å². The molecular weight excluding hydrogens is 584 g/mol. The van der Waals surface area contributed by atoms with Gasteiger partial charge in [-0.25, -0.2) is 0 Å². The van der Waals surface area contributed by atoms with Crippen molar-refractivity contribution in [2.24, 2.45) is 0 Å². The van der Waals surface area contributed by atoms with Crippen LogP contribution in [0.15, 0.2) is 42.0 Å². The third kappa shape index (κ3) is 7.29. The monoisotopic (exact) mass is 624 g/mol. The van der Waals surface area contributed by atoms with Crippen molar-refractivity contribution >= 4 is 23.9 Å². The van der Waals surface area contributed by atoms with Gasteiger partial charge in [0, 0.05) is 42.6 Å². The number of carbonyl (C=O) groups excluding carboxylic acids is 4. The molecule has 2 amide bonds. The molecule has 12 nitrogen and oxygen atoms in total. The van der Waals surface area contributed by atoms with Gasteiger partial charge < -0.3 is 44.2 Å². The summed E-state index contributed by atoms with van der Waals surface area (Å²) in [5.74, 6) is 0.103. The van der Waals surface area contributed by atoms with Crippen LogP contribution < -0.4 is 24.3 Å². The zero-order valence-corrected chi connectivity index (χ0v) is 25.9. The number of ether oxygens (including phenoxy) is 4. The highest BCUT2D eigenvalue weighted by molar-refractivity contribution is 5.96. The van der Waals surface area contributed by atoms with E-state index in [1.807, 2.05) is 6.07 Å². The van der Waals surface area contributed by atoms with Crippen molar-refractivity contribution in [1.29, 1.82) is 0 Å². The van der Waals surface area contributed by atoms with Crippen LogP contribution in [0.25, 0.3) is 0 Å². The van der Waals surface area contributed by atoms with Gasteiger partial charge in [-0.2, -0.15) is 0 Å². The summed E-state index contributed by atoms with van der Waals surface area (Å²) in [7, 11) is 4.51. The first kappa shape index (κ1) is 33.5. The Kier molecular flexibility index (Phi) is 11.2. The van der Waals surface area contributed by atoms with Crippen molar-refractivity contribution in [2.45, 2.75) is 56.8 Å². The fourth-order valence-corrected chi connectivity index (χ4v) is 5.95. The van der Waals surface area contributed by atoms with Crippen molar-refractivity contribution in [1.82, 2.24) is 10.2 Å². The molecule has 2 aromatic carbocycles. The minimum Gasteiger partial charge on any atom is -0.497 e. The number of rotatable bonds is 15. The fraction of sp³-hybridized carbons (Fsp3) is 0.455. The number of aliphatic hydroxyl groups is 2. The Morgan fingerprint density at radius 1 is 1.04 bits per heavy atom. The molecule has 2 aromatic rings. The molecule has 0 spiro atoms. The maximum Gasteiger partial charge on any atom is 0.247 e. The summed E-state index contributed by atoms with van der Waals surface area (Å²) >= 11 is 0. The number of aliphatic hydroxyl groups excluding tert-OH is 2. The molecule has 0 unspecified atom stereocenters. The Morgan fingerprint density at radius 2 is 1.80 bits per heavy atom. The number of carbonyl (C=O) groups is 4. The van der Waals surface area contributed by atoms with Crippen molar-refractivity contribution in [3.8, 4) is 23.0 Å². The van der Waals surface area contributed by atoms with Crippen LogP contribution in [-0.4, -0.2) is 98.3 Å². The van der Waals surface area contributed by atoms with Crippen molar-refractivity contribution in [2.75, 3.05) is 41.0 Å². The van der Waals surface area contributed by atoms with E-state index < -0.39 is 30.1 Å². The zero-order chi connectivity index (χ0) is 32.7. The molecule has 1 aliphatic heterocycles. The van der Waals surface area contributed by atoms with E-state index in [0.29, 0.717) is 47.5 Å². The Hall–Kier alpha value is -4.42. The molecule has 4 rings (SSSR count). The van der Waals surface area contributed by atoms with E-state index in [1.54, 1.807) is 38.5 Å². The largest absolute Gasteiger partial charge is 0.497 e. The standard InChI is InChI=1S/C33H40N2O10/c1-19(38)6-5-7-28(39)35(12-10-21-16-22(42-2)8-9-26(21)43-3)25-17-24(33(41)34-11-13-36)29-23-14-20(18-37)15-27(44-4)31(23)45-32(29)30(25)40/h8-9,14-18,25,29-30,32,36,40H,5-7,10-13H2,1-4H3,(H,34,41)/t25-,29+,30+,32+/m1/s1. The van der Waals surface area contributed by atoms with Gasteiger partial charge in [0.1, 0.15) is 35.8 Å². The number of methoxy groups -OCH3 is 3. The topological polar surface area (TPSA) is 161 Å². The smallest absolute Gasteiger partial charge is 0.247 e. The Balaban J connectivity index is 1.77. The molecule has 2 aliphatic rings. The molecule has 0 saturated carbocycles.